The van der Waals surface area contributed by atoms with Crippen LogP contribution in [0, 0.1) is 13.8 Å². The van der Waals surface area contributed by atoms with Crippen molar-refractivity contribution < 1.29 is 4.74 Å². The molecule has 0 fully saturated rings. The Morgan fingerprint density at radius 1 is 1.13 bits per heavy atom. The van der Waals surface area contributed by atoms with Crippen LogP contribution in [-0.2, 0) is 4.74 Å². The number of nitrogens with one attached hydrogen (secondary N) is 1. The SMILES string of the molecule is COCCCCNc1c(C)cccc1C. The van der Waals surface area contributed by atoms with Crippen LogP contribution in [0.1, 0.15) is 24.0 Å². The van der Waals surface area contributed by atoms with Crippen molar-refractivity contribution in [3.8, 4) is 0 Å². The highest BCUT2D eigenvalue weighted by molar-refractivity contribution is 5.56. The monoisotopic (exact) mass is 207 g/mol. The van der Waals surface area contributed by atoms with Crippen LogP contribution in [0.3, 0.4) is 0 Å². The van der Waals surface area contributed by atoms with Gasteiger partial charge >= 0.3 is 0 Å². The Balaban J connectivity index is 2.37. The molecule has 0 amide bonds. The zero-order chi connectivity index (χ0) is 11.1. The van der Waals surface area contributed by atoms with Gasteiger partial charge in [-0.15, -0.1) is 0 Å². The van der Waals surface area contributed by atoms with Gasteiger partial charge in [0.2, 0.25) is 0 Å². The van der Waals surface area contributed by atoms with Crippen molar-refractivity contribution in [1.29, 1.82) is 0 Å². The minimum Gasteiger partial charge on any atom is -0.385 e. The minimum absolute atomic E-state index is 0.856. The Morgan fingerprint density at radius 2 is 1.80 bits per heavy atom. The summed E-state index contributed by atoms with van der Waals surface area (Å²) >= 11 is 0. The fourth-order valence-electron chi connectivity index (χ4n) is 1.68. The first-order valence-corrected chi connectivity index (χ1v) is 5.54. The van der Waals surface area contributed by atoms with Crippen molar-refractivity contribution in [3.63, 3.8) is 0 Å². The number of anilines is 1. The molecule has 0 saturated heterocycles. The molecular formula is C13H21NO. The predicted molar refractivity (Wildman–Crippen MR) is 65.5 cm³/mol. The molecule has 0 heterocycles. The van der Waals surface area contributed by atoms with Gasteiger partial charge in [0.05, 0.1) is 0 Å². The van der Waals surface area contributed by atoms with Gasteiger partial charge < -0.3 is 10.1 Å². The molecule has 2 nitrogen and oxygen atoms in total. The molecule has 0 aliphatic rings. The van der Waals surface area contributed by atoms with Gasteiger partial charge in [-0.05, 0) is 37.8 Å². The lowest BCUT2D eigenvalue weighted by Gasteiger charge is -2.12. The van der Waals surface area contributed by atoms with Crippen LogP contribution in [0.5, 0.6) is 0 Å². The highest BCUT2D eigenvalue weighted by atomic mass is 16.5. The zero-order valence-corrected chi connectivity index (χ0v) is 9.97. The van der Waals surface area contributed by atoms with E-state index in [1.807, 2.05) is 0 Å². The number of benzene rings is 1. The van der Waals surface area contributed by atoms with Gasteiger partial charge in [-0.2, -0.15) is 0 Å². The summed E-state index contributed by atoms with van der Waals surface area (Å²) in [4.78, 5) is 0. The number of hydrogen-bond donors (Lipinski definition) is 1. The average Bonchev–Trinajstić information content (AvgIpc) is 2.21. The molecule has 0 radical (unpaired) electrons. The largest absolute Gasteiger partial charge is 0.385 e. The number of unbranched alkanes of at least 4 members (excludes halogenated alkanes) is 1. The molecule has 1 aromatic carbocycles. The van der Waals surface area contributed by atoms with Crippen molar-refractivity contribution in [2.45, 2.75) is 26.7 Å². The van der Waals surface area contributed by atoms with Crippen LogP contribution in [0.2, 0.25) is 0 Å². The van der Waals surface area contributed by atoms with E-state index in [1.165, 1.54) is 16.8 Å². The molecule has 0 spiro atoms. The second-order valence-corrected chi connectivity index (χ2v) is 3.89. The summed E-state index contributed by atoms with van der Waals surface area (Å²) in [6.45, 7) is 6.17. The number of hydrogen-bond acceptors (Lipinski definition) is 2. The first-order valence-electron chi connectivity index (χ1n) is 5.54. The molecular weight excluding hydrogens is 186 g/mol. The van der Waals surface area contributed by atoms with Crippen molar-refractivity contribution in [2.24, 2.45) is 0 Å². The van der Waals surface area contributed by atoms with E-state index in [2.05, 4.69) is 37.4 Å². The van der Waals surface area contributed by atoms with E-state index >= 15 is 0 Å². The Bertz CT molecular complexity index is 276. The molecule has 1 aromatic rings. The first-order chi connectivity index (χ1) is 7.25. The molecule has 0 unspecified atom stereocenters. The van der Waals surface area contributed by atoms with Gasteiger partial charge in [-0.1, -0.05) is 18.2 Å². The standard InChI is InChI=1S/C13H21NO/c1-11-7-6-8-12(2)13(11)14-9-4-5-10-15-3/h6-8,14H,4-5,9-10H2,1-3H3. The molecule has 2 heteroatoms. The maximum atomic E-state index is 5.01. The van der Waals surface area contributed by atoms with Gasteiger partial charge in [-0.3, -0.25) is 0 Å². The van der Waals surface area contributed by atoms with Crippen molar-refractivity contribution in [1.82, 2.24) is 0 Å². The van der Waals surface area contributed by atoms with E-state index < -0.39 is 0 Å². The molecule has 1 rings (SSSR count). The molecule has 0 saturated carbocycles. The fourth-order valence-corrected chi connectivity index (χ4v) is 1.68. The Morgan fingerprint density at radius 3 is 2.40 bits per heavy atom. The summed E-state index contributed by atoms with van der Waals surface area (Å²) in [6.07, 6.45) is 2.27. The Labute approximate surface area is 92.6 Å². The Kier molecular flexibility index (Phi) is 5.19. The minimum atomic E-state index is 0.856. The first kappa shape index (κ1) is 12.1. The Hall–Kier alpha value is -1.02. The summed E-state index contributed by atoms with van der Waals surface area (Å²) in [5.74, 6) is 0. The van der Waals surface area contributed by atoms with E-state index in [0.29, 0.717) is 0 Å². The van der Waals surface area contributed by atoms with Crippen LogP contribution >= 0.6 is 0 Å². The highest BCUT2D eigenvalue weighted by Gasteiger charge is 1.99. The zero-order valence-electron chi connectivity index (χ0n) is 9.97. The van der Waals surface area contributed by atoms with E-state index in [-0.39, 0.29) is 0 Å². The summed E-state index contributed by atoms with van der Waals surface area (Å²) < 4.78 is 5.01. The number of para-hydroxylation sites is 1. The molecule has 0 bridgehead atoms. The van der Waals surface area contributed by atoms with E-state index in [4.69, 9.17) is 4.74 Å². The van der Waals surface area contributed by atoms with Crippen molar-refractivity contribution in [2.75, 3.05) is 25.6 Å². The quantitative estimate of drug-likeness (QED) is 0.724. The number of methoxy groups -OCH3 is 1. The number of ether oxygens (including phenoxy) is 1. The maximum absolute atomic E-state index is 5.01. The lowest BCUT2D eigenvalue weighted by Crippen LogP contribution is -2.05. The normalized spacial score (nSPS) is 10.3. The van der Waals surface area contributed by atoms with E-state index in [1.54, 1.807) is 7.11 Å². The van der Waals surface area contributed by atoms with Gasteiger partial charge in [0.25, 0.3) is 0 Å². The lowest BCUT2D eigenvalue weighted by atomic mass is 10.1. The molecule has 1 N–H and O–H groups in total. The summed E-state index contributed by atoms with van der Waals surface area (Å²) in [7, 11) is 1.75. The van der Waals surface area contributed by atoms with Crippen molar-refractivity contribution in [3.05, 3.63) is 29.3 Å². The third-order valence-electron chi connectivity index (χ3n) is 2.56. The summed E-state index contributed by atoms with van der Waals surface area (Å²) in [5, 5.41) is 3.48. The molecule has 0 aliphatic heterocycles. The average molecular weight is 207 g/mol. The highest BCUT2D eigenvalue weighted by Crippen LogP contribution is 2.19. The summed E-state index contributed by atoms with van der Waals surface area (Å²) in [6, 6.07) is 6.38. The topological polar surface area (TPSA) is 21.3 Å². The van der Waals surface area contributed by atoms with E-state index in [9.17, 15) is 0 Å². The maximum Gasteiger partial charge on any atom is 0.0462 e. The second-order valence-electron chi connectivity index (χ2n) is 3.89. The third kappa shape index (κ3) is 3.92. The second kappa shape index (κ2) is 6.46. The lowest BCUT2D eigenvalue weighted by molar-refractivity contribution is 0.194. The van der Waals surface area contributed by atoms with Crippen LogP contribution in [-0.4, -0.2) is 20.3 Å². The fraction of sp³-hybridized carbons (Fsp3) is 0.538. The molecule has 0 atom stereocenters. The van der Waals surface area contributed by atoms with Gasteiger partial charge in [-0.25, -0.2) is 0 Å². The molecule has 0 aromatic heterocycles. The van der Waals surface area contributed by atoms with Crippen LogP contribution in [0.15, 0.2) is 18.2 Å². The third-order valence-corrected chi connectivity index (χ3v) is 2.56. The molecule has 0 aliphatic carbocycles. The van der Waals surface area contributed by atoms with Gasteiger partial charge in [0.15, 0.2) is 0 Å². The number of aryl methyl sites for hydroxylation is 2. The van der Waals surface area contributed by atoms with E-state index in [0.717, 1.165) is 26.0 Å². The van der Waals surface area contributed by atoms with Crippen molar-refractivity contribution >= 4 is 5.69 Å². The smallest absolute Gasteiger partial charge is 0.0462 e. The predicted octanol–water partition coefficient (Wildman–Crippen LogP) is 3.14. The molecule has 15 heavy (non-hydrogen) atoms. The van der Waals surface area contributed by atoms with Crippen LogP contribution < -0.4 is 5.32 Å². The van der Waals surface area contributed by atoms with Gasteiger partial charge in [0, 0.05) is 25.9 Å². The summed E-state index contributed by atoms with van der Waals surface area (Å²) in [5.41, 5.74) is 3.93. The van der Waals surface area contributed by atoms with Crippen LogP contribution in [0.4, 0.5) is 5.69 Å². The number of rotatable bonds is 6. The molecule has 84 valence electrons. The van der Waals surface area contributed by atoms with Crippen LogP contribution in [0.25, 0.3) is 0 Å². The van der Waals surface area contributed by atoms with Gasteiger partial charge in [0.1, 0.15) is 0 Å².